The van der Waals surface area contributed by atoms with Crippen molar-refractivity contribution >= 4 is 45.2 Å². The highest BCUT2D eigenvalue weighted by Crippen LogP contribution is 2.18. The Bertz CT molecular complexity index is 817. The van der Waals surface area contributed by atoms with Crippen LogP contribution in [0, 0.1) is 25.4 Å². The molecule has 4 nitrogen and oxygen atoms in total. The van der Waals surface area contributed by atoms with Crippen LogP contribution in [0.25, 0.3) is 16.3 Å². The van der Waals surface area contributed by atoms with Gasteiger partial charge in [0.15, 0.2) is 3.77 Å². The minimum Gasteiger partial charge on any atom is -0.498 e. The summed E-state index contributed by atoms with van der Waals surface area (Å²) in [5.41, 5.74) is 2.69. The van der Waals surface area contributed by atoms with E-state index in [1.54, 1.807) is 12.1 Å². The van der Waals surface area contributed by atoms with Gasteiger partial charge in [0.2, 0.25) is 0 Å². The Hall–Kier alpha value is -2.04. The minimum atomic E-state index is 0. The molecule has 1 aromatic heterocycles. The number of hydrogen-bond donors (Lipinski definition) is 0. The summed E-state index contributed by atoms with van der Waals surface area (Å²) in [4.78, 5) is 0. The SMILES string of the molecule is C.C#C[123I].[123I]c1cc(-c2ccccc2)no1.[O-][N+]#Cc1ccccc1. The van der Waals surface area contributed by atoms with E-state index in [9.17, 15) is 5.21 Å². The third-order valence-corrected chi connectivity index (χ3v) is 3.01. The van der Waals surface area contributed by atoms with E-state index < -0.39 is 0 Å². The molecule has 2 aromatic carbocycles. The van der Waals surface area contributed by atoms with Crippen LogP contribution in [0.5, 0.6) is 0 Å². The van der Waals surface area contributed by atoms with Crippen molar-refractivity contribution in [3.05, 3.63) is 86.3 Å². The van der Waals surface area contributed by atoms with Gasteiger partial charge in [-0.15, -0.1) is 6.42 Å². The summed E-state index contributed by atoms with van der Waals surface area (Å²) in [6.45, 7) is 0. The van der Waals surface area contributed by atoms with E-state index in [-0.39, 0.29) is 7.43 Å². The molecule has 3 aromatic rings. The van der Waals surface area contributed by atoms with Gasteiger partial charge in [0.25, 0.3) is 0 Å². The maximum Gasteiger partial charge on any atom is 0.336 e. The molecule has 0 aliphatic rings. The Kier molecular flexibility index (Phi) is 13.1. The topological polar surface area (TPSA) is 53.5 Å². The zero-order chi connectivity index (χ0) is 17.6. The molecule has 1 heterocycles. The van der Waals surface area contributed by atoms with E-state index in [4.69, 9.17) is 4.52 Å². The molecule has 25 heavy (non-hydrogen) atoms. The second-order valence-corrected chi connectivity index (χ2v) is 5.75. The maximum absolute atomic E-state index is 9.61. The van der Waals surface area contributed by atoms with Gasteiger partial charge in [-0.3, -0.25) is 0 Å². The predicted molar refractivity (Wildman–Crippen MR) is 120 cm³/mol. The molecule has 0 N–H and O–H groups in total. The van der Waals surface area contributed by atoms with E-state index in [0.717, 1.165) is 15.0 Å². The lowest BCUT2D eigenvalue weighted by Crippen LogP contribution is -1.73. The maximum atomic E-state index is 9.61. The molecule has 0 atom stereocenters. The van der Waals surface area contributed by atoms with Crippen LogP contribution in [-0.4, -0.2) is 5.16 Å². The molecule has 128 valence electrons. The van der Waals surface area contributed by atoms with Crippen molar-refractivity contribution in [2.45, 2.75) is 7.43 Å². The first kappa shape index (κ1) is 23.0. The summed E-state index contributed by atoms with van der Waals surface area (Å²) >= 11 is 3.91. The second-order valence-electron chi connectivity index (χ2n) is 4.06. The van der Waals surface area contributed by atoms with Gasteiger partial charge in [0.1, 0.15) is 11.3 Å². The van der Waals surface area contributed by atoms with Crippen LogP contribution < -0.4 is 0 Å². The fourth-order valence-corrected chi connectivity index (χ4v) is 1.96. The number of terminal acetylenes is 1. The predicted octanol–water partition coefficient (Wildman–Crippen LogP) is 6.46. The number of benzene rings is 2. The fourth-order valence-electron chi connectivity index (χ4n) is 1.56. The largest absolute Gasteiger partial charge is 0.498 e. The molecule has 0 saturated carbocycles. The highest BCUT2D eigenvalue weighted by Gasteiger charge is 2.01. The molecule has 3 rings (SSSR count). The number of rotatable bonds is 1. The summed E-state index contributed by atoms with van der Waals surface area (Å²) in [7, 11) is 0. The van der Waals surface area contributed by atoms with E-state index in [1.807, 2.05) is 77.2 Å². The van der Waals surface area contributed by atoms with Gasteiger partial charge in [-0.25, -0.2) is 0 Å². The molecule has 0 saturated heterocycles. The molecular formula is C19H16I2N2O2. The van der Waals surface area contributed by atoms with Crippen molar-refractivity contribution in [3.8, 4) is 27.7 Å². The van der Waals surface area contributed by atoms with Crippen LogP contribution in [0.15, 0.2) is 71.3 Å². The number of halogens is 2. The normalized spacial score (nSPS) is 7.88. The van der Waals surface area contributed by atoms with Gasteiger partial charge in [-0.1, -0.05) is 61.1 Å². The van der Waals surface area contributed by atoms with Crippen LogP contribution >= 0.6 is 45.2 Å². The Morgan fingerprint density at radius 2 is 1.56 bits per heavy atom. The van der Waals surface area contributed by atoms with Crippen LogP contribution in [0.2, 0.25) is 0 Å². The highest BCUT2D eigenvalue weighted by atomic mass is 123. The molecule has 0 radical (unpaired) electrons. The van der Waals surface area contributed by atoms with Crippen LogP contribution in [0.3, 0.4) is 0 Å². The summed E-state index contributed by atoms with van der Waals surface area (Å²) in [6, 6.07) is 23.2. The van der Waals surface area contributed by atoms with Gasteiger partial charge in [0.05, 0.1) is 0 Å². The average molecular weight is 550 g/mol. The Morgan fingerprint density at radius 1 is 1.04 bits per heavy atom. The van der Waals surface area contributed by atoms with Crippen molar-refractivity contribution in [2.75, 3.05) is 0 Å². The van der Waals surface area contributed by atoms with Crippen LogP contribution in [0.4, 0.5) is 0 Å². The van der Waals surface area contributed by atoms with E-state index in [0.29, 0.717) is 5.56 Å². The molecular weight excluding hydrogens is 534 g/mol. The smallest absolute Gasteiger partial charge is 0.336 e. The molecule has 6 heteroatoms. The Morgan fingerprint density at radius 3 is 2.00 bits per heavy atom. The quantitative estimate of drug-likeness (QED) is 0.199. The van der Waals surface area contributed by atoms with E-state index >= 15 is 0 Å². The first-order chi connectivity index (χ1) is 11.7. The molecule has 0 aliphatic carbocycles. The Labute approximate surface area is 175 Å². The van der Waals surface area contributed by atoms with Gasteiger partial charge < -0.3 is 9.73 Å². The summed E-state index contributed by atoms with van der Waals surface area (Å²) in [5, 5.41) is 16.0. The second kappa shape index (κ2) is 14.3. The molecule has 0 unspecified atom stereocenters. The van der Waals surface area contributed by atoms with Gasteiger partial charge >= 0.3 is 6.07 Å². The lowest BCUT2D eigenvalue weighted by atomic mass is 10.2. The molecule has 0 amide bonds. The summed E-state index contributed by atoms with van der Waals surface area (Å²) in [6.07, 6.45) is 4.58. The molecule has 0 spiro atoms. The lowest BCUT2D eigenvalue weighted by Gasteiger charge is -1.90. The van der Waals surface area contributed by atoms with E-state index in [2.05, 4.69) is 49.2 Å². The average Bonchev–Trinajstić information content (AvgIpc) is 3.05. The van der Waals surface area contributed by atoms with E-state index in [1.165, 1.54) is 0 Å². The number of aromatic nitrogens is 1. The van der Waals surface area contributed by atoms with Crippen molar-refractivity contribution in [3.63, 3.8) is 0 Å². The lowest BCUT2D eigenvalue weighted by molar-refractivity contribution is 0.400. The zero-order valence-corrected chi connectivity index (χ0v) is 16.7. The van der Waals surface area contributed by atoms with Crippen molar-refractivity contribution in [1.82, 2.24) is 5.16 Å². The molecule has 0 bridgehead atoms. The highest BCUT2D eigenvalue weighted by molar-refractivity contribution is 14.1. The number of hydrogen-bond acceptors (Lipinski definition) is 3. The Balaban J connectivity index is 0.000000397. The van der Waals surface area contributed by atoms with Gasteiger partial charge in [0, 0.05) is 61.8 Å². The third-order valence-electron chi connectivity index (χ3n) is 2.50. The summed E-state index contributed by atoms with van der Waals surface area (Å²) < 4.78 is 7.99. The monoisotopic (exact) mass is 550 g/mol. The minimum absolute atomic E-state index is 0. The first-order valence-corrected chi connectivity index (χ1v) is 8.74. The zero-order valence-electron chi connectivity index (χ0n) is 12.4. The number of nitrogens with zero attached hydrogens (tertiary/aromatic N) is 2. The van der Waals surface area contributed by atoms with Crippen molar-refractivity contribution < 1.29 is 4.52 Å². The third kappa shape index (κ3) is 9.75. The van der Waals surface area contributed by atoms with Gasteiger partial charge in [-0.05, 0) is 16.1 Å². The first-order valence-electron chi connectivity index (χ1n) is 6.58. The van der Waals surface area contributed by atoms with Crippen molar-refractivity contribution in [2.24, 2.45) is 0 Å². The molecule has 0 fully saturated rings. The summed E-state index contributed by atoms with van der Waals surface area (Å²) in [5.74, 6) is 0. The molecule has 0 aliphatic heterocycles. The standard InChI is InChI=1S/C9H6INO.C7H5NO.C2HI.CH4/c10-9-6-8(11-12-9)7-4-2-1-3-5-7;9-8-6-7-4-2-1-3-5-7;1-2-3;/h1-6H;1-5H;1H;1H4/i10-4;;3-4;. The van der Waals surface area contributed by atoms with Crippen LogP contribution in [0.1, 0.15) is 13.0 Å². The van der Waals surface area contributed by atoms with Gasteiger partial charge in [-0.2, -0.15) is 0 Å². The van der Waals surface area contributed by atoms with Crippen molar-refractivity contribution in [1.29, 1.82) is 0 Å². The van der Waals surface area contributed by atoms with Crippen LogP contribution in [-0.2, 0) is 0 Å². The fraction of sp³-hybridized carbons (Fsp3) is 0.0526.